The van der Waals surface area contributed by atoms with Crippen LogP contribution in [-0.4, -0.2) is 44.8 Å². The van der Waals surface area contributed by atoms with Gasteiger partial charge in [-0.25, -0.2) is 0 Å². The molecule has 2 N–H and O–H groups in total. The Kier molecular flexibility index (Phi) is 11.8. The summed E-state index contributed by atoms with van der Waals surface area (Å²) in [5.74, 6) is 1.62. The van der Waals surface area contributed by atoms with E-state index in [4.69, 9.17) is 18.4 Å². The molecule has 0 amide bonds. The lowest BCUT2D eigenvalue weighted by Crippen LogP contribution is -2.48. The molecule has 10 heteroatoms. The van der Waals surface area contributed by atoms with Crippen molar-refractivity contribution in [2.24, 2.45) is 9.32 Å². The summed E-state index contributed by atoms with van der Waals surface area (Å²) in [6.07, 6.45) is 0. The maximum absolute atomic E-state index is 6.49. The van der Waals surface area contributed by atoms with Gasteiger partial charge in [0.25, 0.3) is 0 Å². The topological polar surface area (TPSA) is 67.2 Å². The highest BCUT2D eigenvalue weighted by Crippen LogP contribution is 2.39. The van der Waals surface area contributed by atoms with Gasteiger partial charge in [0, 0.05) is 11.1 Å². The van der Waals surface area contributed by atoms with Crippen molar-refractivity contribution in [3.8, 4) is 0 Å². The van der Waals surface area contributed by atoms with Crippen molar-refractivity contribution in [1.29, 1.82) is 0 Å². The molecular formula is C32H66N4O2Si4. The van der Waals surface area contributed by atoms with Crippen molar-refractivity contribution in [3.05, 3.63) is 35.4 Å². The van der Waals surface area contributed by atoms with Gasteiger partial charge in [-0.1, -0.05) is 107 Å². The van der Waals surface area contributed by atoms with Gasteiger partial charge in [-0.05, 0) is 72.5 Å². The second kappa shape index (κ2) is 12.7. The fourth-order valence-electron chi connectivity index (χ4n) is 2.63. The van der Waals surface area contributed by atoms with Gasteiger partial charge in [-0.2, -0.15) is 0 Å². The molecule has 0 saturated heterocycles. The van der Waals surface area contributed by atoms with Gasteiger partial charge >= 0.3 is 0 Å². The molecule has 0 heterocycles. The quantitative estimate of drug-likeness (QED) is 0.127. The van der Waals surface area contributed by atoms with Crippen LogP contribution < -0.4 is 11.0 Å². The highest BCUT2D eigenvalue weighted by atomic mass is 28.4. The van der Waals surface area contributed by atoms with E-state index in [9.17, 15) is 0 Å². The van der Waals surface area contributed by atoms with Crippen molar-refractivity contribution in [1.82, 2.24) is 11.0 Å². The van der Waals surface area contributed by atoms with E-state index >= 15 is 0 Å². The monoisotopic (exact) mass is 650 g/mol. The number of hydrogen-bond donors (Lipinski definition) is 2. The molecule has 6 nitrogen and oxygen atoms in total. The molecule has 0 aliphatic rings. The second-order valence-corrected chi connectivity index (χ2v) is 37.2. The predicted octanol–water partition coefficient (Wildman–Crippen LogP) is 10.2. The number of benzene rings is 1. The van der Waals surface area contributed by atoms with Crippen LogP contribution >= 0.6 is 0 Å². The standard InChI is InChI=1S/C32H66N4O2Si4/c1-29(2,3)39(13,14)35-27(33-37-41(17,18)31(7,8)9)25-21-23-26(24-22-25)28(36-40(15,16)30(4,5)6)34-38-42(19,20)32(10,11)12/h21-24H,1-20H3,(H,33,35)(H,34,36). The molecule has 0 fully saturated rings. The highest BCUT2D eigenvalue weighted by Gasteiger charge is 2.41. The summed E-state index contributed by atoms with van der Waals surface area (Å²) < 4.78 is 23.7. The first-order valence-corrected chi connectivity index (χ1v) is 27.2. The number of hydroxylamine groups is 2. The summed E-state index contributed by atoms with van der Waals surface area (Å²) in [6.45, 7) is 45.5. The zero-order valence-corrected chi connectivity index (χ0v) is 35.0. The maximum atomic E-state index is 6.49. The fraction of sp³-hybridized carbons (Fsp3) is 0.750. The minimum absolute atomic E-state index is 0.0802. The molecule has 0 bridgehead atoms. The molecule has 0 aliphatic carbocycles. The van der Waals surface area contributed by atoms with Crippen LogP contribution in [0.1, 0.15) is 94.2 Å². The summed E-state index contributed by atoms with van der Waals surface area (Å²) in [6, 6.07) is 8.55. The largest absolute Gasteiger partial charge is 0.321 e. The fourth-order valence-corrected chi connectivity index (χ4v) is 6.09. The smallest absolute Gasteiger partial charge is 0.228 e. The van der Waals surface area contributed by atoms with E-state index in [1.807, 2.05) is 0 Å². The van der Waals surface area contributed by atoms with E-state index in [-0.39, 0.29) is 20.2 Å². The minimum atomic E-state index is -2.05. The summed E-state index contributed by atoms with van der Waals surface area (Å²) in [4.78, 5) is 0. The average Bonchev–Trinajstić information content (AvgIpc) is 2.76. The lowest BCUT2D eigenvalue weighted by molar-refractivity contribution is 0.235. The van der Waals surface area contributed by atoms with Gasteiger partial charge in [0.05, 0.1) is 0 Å². The Morgan fingerprint density at radius 1 is 0.476 bits per heavy atom. The van der Waals surface area contributed by atoms with E-state index in [0.717, 1.165) is 22.8 Å². The first-order chi connectivity index (χ1) is 18.3. The van der Waals surface area contributed by atoms with E-state index in [1.165, 1.54) is 0 Å². The van der Waals surface area contributed by atoms with Crippen LogP contribution in [0.2, 0.25) is 72.5 Å². The Hall–Kier alpha value is -1.05. The Labute approximate surface area is 264 Å². The zero-order valence-electron chi connectivity index (χ0n) is 31.0. The third kappa shape index (κ3) is 9.98. The van der Waals surface area contributed by atoms with Crippen molar-refractivity contribution in [2.75, 3.05) is 0 Å². The van der Waals surface area contributed by atoms with Crippen LogP contribution in [0.15, 0.2) is 33.6 Å². The first kappa shape index (κ1) is 39.0. The number of nitrogens with one attached hydrogen (secondary N) is 2. The van der Waals surface area contributed by atoms with Crippen LogP contribution in [0.4, 0.5) is 0 Å². The lowest BCUT2D eigenvalue weighted by atomic mass is 10.1. The number of rotatable bonds is 8. The Bertz CT molecular complexity index is 1020. The third-order valence-corrected chi connectivity index (χ3v) is 27.7. The van der Waals surface area contributed by atoms with E-state index in [2.05, 4.69) is 171 Å². The molecule has 1 aromatic rings. The third-order valence-electron chi connectivity index (χ3n) is 10.3. The first-order valence-electron chi connectivity index (χ1n) is 15.5. The van der Waals surface area contributed by atoms with E-state index < -0.39 is 33.1 Å². The molecule has 42 heavy (non-hydrogen) atoms. The molecule has 0 spiro atoms. The van der Waals surface area contributed by atoms with E-state index in [1.54, 1.807) is 0 Å². The van der Waals surface area contributed by atoms with Crippen LogP contribution in [0, 0.1) is 0 Å². The van der Waals surface area contributed by atoms with Gasteiger partial charge in [-0.15, -0.1) is 0 Å². The van der Waals surface area contributed by atoms with E-state index in [0.29, 0.717) is 0 Å². The Morgan fingerprint density at radius 3 is 0.905 bits per heavy atom. The summed E-state index contributed by atoms with van der Waals surface area (Å²) in [5.41, 5.74) is 8.76. The maximum Gasteiger partial charge on any atom is 0.228 e. The normalized spacial score (nSPS) is 15.6. The predicted molar refractivity (Wildman–Crippen MR) is 197 cm³/mol. The highest BCUT2D eigenvalue weighted by molar-refractivity contribution is 6.80. The molecular weight excluding hydrogens is 585 g/mol. The number of amidine groups is 2. The molecule has 0 unspecified atom stereocenters. The molecule has 0 aliphatic heterocycles. The second-order valence-electron chi connectivity index (χ2n) is 18.0. The zero-order chi connectivity index (χ0) is 33.4. The summed E-state index contributed by atoms with van der Waals surface area (Å²) in [7, 11) is -8.14. The molecule has 1 rings (SSSR count). The van der Waals surface area contributed by atoms with Gasteiger partial charge < -0.3 is 18.4 Å². The van der Waals surface area contributed by atoms with Gasteiger partial charge in [-0.3, -0.25) is 11.0 Å². The summed E-state index contributed by atoms with van der Waals surface area (Å²) >= 11 is 0. The van der Waals surface area contributed by atoms with Crippen molar-refractivity contribution >= 4 is 44.8 Å². The average molecular weight is 651 g/mol. The lowest BCUT2D eigenvalue weighted by Gasteiger charge is -2.37. The van der Waals surface area contributed by atoms with Gasteiger partial charge in [0.1, 0.15) is 11.7 Å². The van der Waals surface area contributed by atoms with Gasteiger partial charge in [0.15, 0.2) is 16.5 Å². The minimum Gasteiger partial charge on any atom is -0.321 e. The molecule has 0 aromatic heterocycles. The molecule has 0 radical (unpaired) electrons. The Balaban J connectivity index is 3.66. The van der Waals surface area contributed by atoms with Crippen LogP contribution in [0.25, 0.3) is 0 Å². The van der Waals surface area contributed by atoms with Crippen LogP contribution in [-0.2, 0) is 9.05 Å². The number of nitrogens with zero attached hydrogens (tertiary/aromatic N) is 2. The van der Waals surface area contributed by atoms with Crippen LogP contribution in [0.5, 0.6) is 0 Å². The van der Waals surface area contributed by atoms with Crippen molar-refractivity contribution in [3.63, 3.8) is 0 Å². The van der Waals surface area contributed by atoms with Crippen molar-refractivity contribution in [2.45, 2.75) is 156 Å². The molecule has 0 atom stereocenters. The number of hydrogen-bond acceptors (Lipinski definition) is 4. The molecule has 0 saturated carbocycles. The SMILES string of the molecule is CC(C)(C)[Si](C)(C)/N=C(\NO[Si](C)(C)C(C)(C)C)c1ccc(/C(=N/[Si](C)(C)C(C)(C)C)NO[Si](C)(C)C(C)(C)C)cc1. The molecule has 242 valence electrons. The Morgan fingerprint density at radius 2 is 0.714 bits per heavy atom. The van der Waals surface area contributed by atoms with Crippen LogP contribution in [0.3, 0.4) is 0 Å². The molecule has 1 aromatic carbocycles. The van der Waals surface area contributed by atoms with Crippen molar-refractivity contribution < 1.29 is 9.05 Å². The summed E-state index contributed by atoms with van der Waals surface area (Å²) in [5, 5.41) is 0.365. The van der Waals surface area contributed by atoms with Gasteiger partial charge in [0.2, 0.25) is 16.6 Å².